The van der Waals surface area contributed by atoms with Crippen molar-refractivity contribution < 1.29 is 4.39 Å². The number of hydrogen-bond acceptors (Lipinski definition) is 2. The number of anilines is 1. The lowest BCUT2D eigenvalue weighted by Gasteiger charge is -2.13. The van der Waals surface area contributed by atoms with E-state index in [1.54, 1.807) is 6.07 Å². The Bertz CT molecular complexity index is 286. The van der Waals surface area contributed by atoms with Gasteiger partial charge in [0.2, 0.25) is 0 Å². The quantitative estimate of drug-likeness (QED) is 0.704. The minimum Gasteiger partial charge on any atom is -0.398 e. The molecule has 4 N–H and O–H groups in total. The molecule has 0 aliphatic heterocycles. The molecule has 0 spiro atoms. The van der Waals surface area contributed by atoms with Gasteiger partial charge < -0.3 is 11.5 Å². The van der Waals surface area contributed by atoms with Crippen molar-refractivity contribution in [2.24, 2.45) is 5.73 Å². The van der Waals surface area contributed by atoms with Crippen LogP contribution in [0.4, 0.5) is 10.1 Å². The third kappa shape index (κ3) is 2.42. The summed E-state index contributed by atoms with van der Waals surface area (Å²) in [6.07, 6.45) is 1.80. The van der Waals surface area contributed by atoms with E-state index in [4.69, 9.17) is 11.5 Å². The topological polar surface area (TPSA) is 52.0 Å². The van der Waals surface area contributed by atoms with Crippen LogP contribution < -0.4 is 11.5 Å². The van der Waals surface area contributed by atoms with Gasteiger partial charge in [0.15, 0.2) is 0 Å². The summed E-state index contributed by atoms with van der Waals surface area (Å²) in [7, 11) is 0. The maximum atomic E-state index is 12.8. The van der Waals surface area contributed by atoms with E-state index in [9.17, 15) is 4.39 Å². The predicted octanol–water partition coefficient (Wildman–Crippen LogP) is 2.21. The number of benzene rings is 1. The molecule has 0 fully saturated rings. The highest BCUT2D eigenvalue weighted by molar-refractivity contribution is 5.48. The number of rotatable bonds is 3. The van der Waals surface area contributed by atoms with Crippen molar-refractivity contribution >= 4 is 5.69 Å². The van der Waals surface area contributed by atoms with Crippen molar-refractivity contribution in [3.63, 3.8) is 0 Å². The van der Waals surface area contributed by atoms with Gasteiger partial charge in [-0.1, -0.05) is 13.3 Å². The summed E-state index contributed by atoms with van der Waals surface area (Å²) in [5.41, 5.74) is 12.8. The molecular weight excluding hydrogens is 167 g/mol. The highest BCUT2D eigenvalue weighted by atomic mass is 19.1. The molecule has 72 valence electrons. The molecule has 3 heteroatoms. The van der Waals surface area contributed by atoms with Crippen LogP contribution in [-0.4, -0.2) is 0 Å². The van der Waals surface area contributed by atoms with Crippen molar-refractivity contribution in [1.29, 1.82) is 0 Å². The first-order chi connectivity index (χ1) is 6.15. The molecule has 0 radical (unpaired) electrons. The number of nitrogen functional groups attached to an aromatic ring is 1. The molecule has 1 aromatic carbocycles. The SMILES string of the molecule is CCC[C@H](N)c1cc(F)ccc1N. The molecule has 13 heavy (non-hydrogen) atoms. The van der Waals surface area contributed by atoms with Crippen LogP contribution in [0.15, 0.2) is 18.2 Å². The highest BCUT2D eigenvalue weighted by Gasteiger charge is 2.09. The molecule has 1 atom stereocenters. The minimum absolute atomic E-state index is 0.152. The van der Waals surface area contributed by atoms with E-state index in [2.05, 4.69) is 0 Å². The largest absolute Gasteiger partial charge is 0.398 e. The third-order valence-corrected chi connectivity index (χ3v) is 2.05. The van der Waals surface area contributed by atoms with E-state index < -0.39 is 0 Å². The van der Waals surface area contributed by atoms with Gasteiger partial charge in [-0.25, -0.2) is 4.39 Å². The monoisotopic (exact) mass is 182 g/mol. The second-order valence-electron chi connectivity index (χ2n) is 3.17. The Morgan fingerprint density at radius 2 is 2.15 bits per heavy atom. The highest BCUT2D eigenvalue weighted by Crippen LogP contribution is 2.22. The zero-order valence-electron chi connectivity index (χ0n) is 7.76. The van der Waals surface area contributed by atoms with Crippen LogP contribution in [0, 0.1) is 5.82 Å². The molecular formula is C10H15FN2. The lowest BCUT2D eigenvalue weighted by molar-refractivity contribution is 0.606. The fraction of sp³-hybridized carbons (Fsp3) is 0.400. The normalized spacial score (nSPS) is 12.8. The standard InChI is InChI=1S/C10H15FN2/c1-2-3-9(12)8-6-7(11)4-5-10(8)13/h4-6,9H,2-3,12-13H2,1H3/t9-/m0/s1. The second kappa shape index (κ2) is 4.23. The summed E-state index contributed by atoms with van der Waals surface area (Å²) < 4.78 is 12.8. The Hall–Kier alpha value is -1.09. The zero-order chi connectivity index (χ0) is 9.84. The first-order valence-corrected chi connectivity index (χ1v) is 4.45. The van der Waals surface area contributed by atoms with Gasteiger partial charge in [-0.15, -0.1) is 0 Å². The smallest absolute Gasteiger partial charge is 0.123 e. The van der Waals surface area contributed by atoms with Crippen LogP contribution in [0.5, 0.6) is 0 Å². The van der Waals surface area contributed by atoms with Gasteiger partial charge in [0, 0.05) is 11.7 Å². The van der Waals surface area contributed by atoms with E-state index >= 15 is 0 Å². The molecule has 0 saturated heterocycles. The Kier molecular flexibility index (Phi) is 3.25. The molecule has 0 aromatic heterocycles. The summed E-state index contributed by atoms with van der Waals surface area (Å²) >= 11 is 0. The van der Waals surface area contributed by atoms with Crippen LogP contribution in [0.3, 0.4) is 0 Å². The summed E-state index contributed by atoms with van der Waals surface area (Å²) in [6, 6.07) is 4.16. The van der Waals surface area contributed by atoms with Crippen molar-refractivity contribution in [3.8, 4) is 0 Å². The van der Waals surface area contributed by atoms with Crippen LogP contribution in [0.2, 0.25) is 0 Å². The summed E-state index contributed by atoms with van der Waals surface area (Å²) in [6.45, 7) is 2.04. The van der Waals surface area contributed by atoms with Crippen molar-refractivity contribution in [2.45, 2.75) is 25.8 Å². The van der Waals surface area contributed by atoms with Gasteiger partial charge in [-0.05, 0) is 30.2 Å². The molecule has 0 aliphatic rings. The number of hydrogen-bond donors (Lipinski definition) is 2. The average Bonchev–Trinajstić information content (AvgIpc) is 2.09. The Morgan fingerprint density at radius 1 is 1.46 bits per heavy atom. The Labute approximate surface area is 77.7 Å². The Balaban J connectivity index is 2.91. The molecule has 0 saturated carbocycles. The van der Waals surface area contributed by atoms with Gasteiger partial charge >= 0.3 is 0 Å². The van der Waals surface area contributed by atoms with E-state index in [0.717, 1.165) is 12.8 Å². The minimum atomic E-state index is -0.282. The molecule has 0 unspecified atom stereocenters. The van der Waals surface area contributed by atoms with Crippen molar-refractivity contribution in [1.82, 2.24) is 0 Å². The zero-order valence-corrected chi connectivity index (χ0v) is 7.76. The van der Waals surface area contributed by atoms with Crippen molar-refractivity contribution in [2.75, 3.05) is 5.73 Å². The van der Waals surface area contributed by atoms with Gasteiger partial charge in [0.25, 0.3) is 0 Å². The average molecular weight is 182 g/mol. The third-order valence-electron chi connectivity index (χ3n) is 2.05. The molecule has 0 heterocycles. The lowest BCUT2D eigenvalue weighted by Crippen LogP contribution is -2.12. The van der Waals surface area contributed by atoms with Gasteiger partial charge in [0.1, 0.15) is 5.82 Å². The first kappa shape index (κ1) is 9.99. The van der Waals surface area contributed by atoms with Crippen LogP contribution in [-0.2, 0) is 0 Å². The van der Waals surface area contributed by atoms with Gasteiger partial charge in [-0.3, -0.25) is 0 Å². The maximum Gasteiger partial charge on any atom is 0.123 e. The van der Waals surface area contributed by atoms with Crippen molar-refractivity contribution in [3.05, 3.63) is 29.6 Å². The number of halogens is 1. The molecule has 0 aliphatic carbocycles. The van der Waals surface area contributed by atoms with Crippen LogP contribution >= 0.6 is 0 Å². The van der Waals surface area contributed by atoms with E-state index in [0.29, 0.717) is 11.3 Å². The molecule has 2 nitrogen and oxygen atoms in total. The Morgan fingerprint density at radius 3 is 2.77 bits per heavy atom. The summed E-state index contributed by atoms with van der Waals surface area (Å²) in [5.74, 6) is -0.282. The predicted molar refractivity (Wildman–Crippen MR) is 52.6 cm³/mol. The molecule has 1 aromatic rings. The summed E-state index contributed by atoms with van der Waals surface area (Å²) in [5, 5.41) is 0. The lowest BCUT2D eigenvalue weighted by atomic mass is 10.0. The summed E-state index contributed by atoms with van der Waals surface area (Å²) in [4.78, 5) is 0. The van der Waals surface area contributed by atoms with E-state index in [-0.39, 0.29) is 11.9 Å². The van der Waals surface area contributed by atoms with Gasteiger partial charge in [0.05, 0.1) is 0 Å². The van der Waals surface area contributed by atoms with E-state index in [1.165, 1.54) is 12.1 Å². The fourth-order valence-corrected chi connectivity index (χ4v) is 1.33. The maximum absolute atomic E-state index is 12.8. The van der Waals surface area contributed by atoms with Gasteiger partial charge in [-0.2, -0.15) is 0 Å². The first-order valence-electron chi connectivity index (χ1n) is 4.45. The second-order valence-corrected chi connectivity index (χ2v) is 3.17. The van der Waals surface area contributed by atoms with E-state index in [1.807, 2.05) is 6.92 Å². The molecule has 0 bridgehead atoms. The fourth-order valence-electron chi connectivity index (χ4n) is 1.33. The van der Waals surface area contributed by atoms with Crippen LogP contribution in [0.25, 0.3) is 0 Å². The van der Waals surface area contributed by atoms with Crippen LogP contribution in [0.1, 0.15) is 31.4 Å². The number of nitrogens with two attached hydrogens (primary N) is 2. The molecule has 1 rings (SSSR count). The molecule has 0 amide bonds.